The lowest BCUT2D eigenvalue weighted by atomic mass is 9.95. The molecule has 2 aromatic heterocycles. The highest BCUT2D eigenvalue weighted by Gasteiger charge is 2.24. The Morgan fingerprint density at radius 2 is 1.66 bits per heavy atom. The zero-order valence-corrected chi connectivity index (χ0v) is 24.6. The summed E-state index contributed by atoms with van der Waals surface area (Å²) in [7, 11) is 0. The number of amides is 1. The number of halogens is 1. The monoisotopic (exact) mass is 603 g/mol. The fourth-order valence-electron chi connectivity index (χ4n) is 4.70. The lowest BCUT2D eigenvalue weighted by molar-refractivity contribution is -0.146. The number of carbonyl (C=O) groups is 3. The second-order valence-corrected chi connectivity index (χ2v) is 9.75. The van der Waals surface area contributed by atoms with Crippen LogP contribution in [0.1, 0.15) is 48.3 Å². The van der Waals surface area contributed by atoms with Gasteiger partial charge in [-0.25, -0.2) is 14.2 Å². The van der Waals surface area contributed by atoms with Gasteiger partial charge in [0.15, 0.2) is 5.65 Å². The molecule has 0 saturated heterocycles. The Balaban J connectivity index is 1.55. The van der Waals surface area contributed by atoms with Gasteiger partial charge in [-0.1, -0.05) is 18.2 Å². The first-order chi connectivity index (χ1) is 21.1. The van der Waals surface area contributed by atoms with E-state index >= 15 is 4.39 Å². The highest BCUT2D eigenvalue weighted by Crippen LogP contribution is 2.37. The summed E-state index contributed by atoms with van der Waals surface area (Å²) in [6.45, 7) is 5.70. The number of hydrogen-bond donors (Lipinski definition) is 4. The Morgan fingerprint density at radius 1 is 0.955 bits per heavy atom. The minimum Gasteiger partial charge on any atom is -0.466 e. The van der Waals surface area contributed by atoms with Gasteiger partial charge in [-0.2, -0.15) is 9.97 Å². The first-order valence-corrected chi connectivity index (χ1v) is 14.1. The first kappa shape index (κ1) is 31.6. The molecule has 6 N–H and O–H groups in total. The van der Waals surface area contributed by atoms with Crippen molar-refractivity contribution in [1.29, 1.82) is 0 Å². The molecule has 0 unspecified atom stereocenters. The van der Waals surface area contributed by atoms with Crippen LogP contribution in [0.5, 0.6) is 0 Å². The van der Waals surface area contributed by atoms with Crippen molar-refractivity contribution in [3.63, 3.8) is 0 Å². The van der Waals surface area contributed by atoms with E-state index in [1.54, 1.807) is 63.2 Å². The van der Waals surface area contributed by atoms with E-state index in [-0.39, 0.29) is 50.0 Å². The third-order valence-electron chi connectivity index (χ3n) is 6.78. The number of aryl methyl sites for hydroxylation is 1. The topological polar surface area (TPSA) is 184 Å². The van der Waals surface area contributed by atoms with Gasteiger partial charge in [0, 0.05) is 46.6 Å². The minimum absolute atomic E-state index is 0.0364. The van der Waals surface area contributed by atoms with E-state index in [2.05, 4.69) is 25.6 Å². The van der Waals surface area contributed by atoms with Crippen molar-refractivity contribution in [2.24, 2.45) is 0 Å². The van der Waals surface area contributed by atoms with Crippen molar-refractivity contribution in [2.45, 2.75) is 46.2 Å². The second-order valence-electron chi connectivity index (χ2n) is 9.75. The zero-order chi connectivity index (χ0) is 31.8. The molecule has 2 heterocycles. The summed E-state index contributed by atoms with van der Waals surface area (Å²) in [4.78, 5) is 50.0. The number of pyridine rings is 1. The molecule has 12 nitrogen and oxygen atoms in total. The van der Waals surface area contributed by atoms with Crippen LogP contribution in [0.4, 0.5) is 21.8 Å². The molecule has 0 fully saturated rings. The van der Waals surface area contributed by atoms with Crippen LogP contribution in [-0.4, -0.2) is 52.1 Å². The molecule has 13 heteroatoms. The van der Waals surface area contributed by atoms with Crippen LogP contribution in [0, 0.1) is 12.7 Å². The Hall–Kier alpha value is -5.33. The lowest BCUT2D eigenvalue weighted by Crippen LogP contribution is -2.42. The van der Waals surface area contributed by atoms with Gasteiger partial charge in [0.05, 0.1) is 18.6 Å². The third kappa shape index (κ3) is 7.35. The standard InChI is InChI=1S/C31H34FN7O5/c1-4-43-24(40)15-14-23(30(42)44-5-2)37-29(41)18-10-12-19(13-11-18)35-16-21-17(3)36-28-26(27(33)38-31(34)39-28)25(21)20-8-6-7-9-22(20)32/h6-13,23,35H,4-5,14-16H2,1-3H3,(H,37,41)(H4,33,34,36,38,39)/t23-/m0/s1. The van der Waals surface area contributed by atoms with Gasteiger partial charge < -0.3 is 31.6 Å². The third-order valence-corrected chi connectivity index (χ3v) is 6.78. The van der Waals surface area contributed by atoms with Crippen molar-refractivity contribution in [1.82, 2.24) is 20.3 Å². The summed E-state index contributed by atoms with van der Waals surface area (Å²) >= 11 is 0. The molecule has 2 aromatic carbocycles. The summed E-state index contributed by atoms with van der Waals surface area (Å²) in [6, 6.07) is 11.9. The van der Waals surface area contributed by atoms with Crippen LogP contribution in [0.3, 0.4) is 0 Å². The average Bonchev–Trinajstić information content (AvgIpc) is 2.98. The van der Waals surface area contributed by atoms with Crippen LogP contribution >= 0.6 is 0 Å². The first-order valence-electron chi connectivity index (χ1n) is 14.1. The maximum Gasteiger partial charge on any atom is 0.328 e. The SMILES string of the molecule is CCOC(=O)CC[C@H](NC(=O)c1ccc(NCc2c(C)nc3nc(N)nc(N)c3c2-c2ccccc2F)cc1)C(=O)OCC. The van der Waals surface area contributed by atoms with Crippen molar-refractivity contribution in [3.8, 4) is 11.1 Å². The Bertz CT molecular complexity index is 1680. The predicted molar refractivity (Wildman–Crippen MR) is 164 cm³/mol. The number of nitrogens with two attached hydrogens (primary N) is 2. The smallest absolute Gasteiger partial charge is 0.328 e. The van der Waals surface area contributed by atoms with Crippen molar-refractivity contribution < 1.29 is 28.2 Å². The number of ether oxygens (including phenoxy) is 2. The van der Waals surface area contributed by atoms with Crippen LogP contribution in [-0.2, 0) is 25.6 Å². The Kier molecular flexibility index (Phi) is 10.2. The normalized spacial score (nSPS) is 11.5. The number of carbonyl (C=O) groups excluding carboxylic acids is 3. The molecular weight excluding hydrogens is 569 g/mol. The number of nitrogen functional groups attached to an aromatic ring is 2. The number of fused-ring (bicyclic) bond motifs is 1. The van der Waals surface area contributed by atoms with E-state index in [1.807, 2.05) is 0 Å². The van der Waals surface area contributed by atoms with Crippen LogP contribution in [0.15, 0.2) is 48.5 Å². The molecule has 0 spiro atoms. The summed E-state index contributed by atoms with van der Waals surface area (Å²) in [6.07, 6.45) is -0.0157. The van der Waals surface area contributed by atoms with Gasteiger partial charge in [-0.05, 0) is 57.5 Å². The summed E-state index contributed by atoms with van der Waals surface area (Å²) in [5.41, 5.74) is 15.3. The fourth-order valence-corrected chi connectivity index (χ4v) is 4.70. The number of anilines is 3. The molecule has 4 rings (SSSR count). The predicted octanol–water partition coefficient (Wildman–Crippen LogP) is 3.92. The summed E-state index contributed by atoms with van der Waals surface area (Å²) in [5.74, 6) is -2.02. The molecule has 44 heavy (non-hydrogen) atoms. The van der Waals surface area contributed by atoms with Gasteiger partial charge in [-0.15, -0.1) is 0 Å². The molecular formula is C31H34FN7O5. The van der Waals surface area contributed by atoms with E-state index < -0.39 is 29.7 Å². The number of aromatic nitrogens is 3. The van der Waals surface area contributed by atoms with Gasteiger partial charge in [0.1, 0.15) is 17.7 Å². The summed E-state index contributed by atoms with van der Waals surface area (Å²) in [5, 5.41) is 6.31. The quantitative estimate of drug-likeness (QED) is 0.172. The second kappa shape index (κ2) is 14.2. The molecule has 0 aliphatic rings. The molecule has 4 aromatic rings. The molecule has 0 bridgehead atoms. The summed E-state index contributed by atoms with van der Waals surface area (Å²) < 4.78 is 25.1. The molecule has 230 valence electrons. The number of nitrogens with zero attached hydrogens (tertiary/aromatic N) is 3. The van der Waals surface area contributed by atoms with Crippen LogP contribution < -0.4 is 22.1 Å². The minimum atomic E-state index is -1.02. The highest BCUT2D eigenvalue weighted by molar-refractivity contribution is 6.02. The van der Waals surface area contributed by atoms with E-state index in [9.17, 15) is 14.4 Å². The van der Waals surface area contributed by atoms with Crippen LogP contribution in [0.25, 0.3) is 22.2 Å². The fraction of sp³-hybridized carbons (Fsp3) is 0.290. The van der Waals surface area contributed by atoms with E-state index in [4.69, 9.17) is 20.9 Å². The number of hydrogen-bond acceptors (Lipinski definition) is 11. The molecule has 0 aliphatic carbocycles. The van der Waals surface area contributed by atoms with Crippen molar-refractivity contribution in [2.75, 3.05) is 30.0 Å². The average molecular weight is 604 g/mol. The molecule has 0 radical (unpaired) electrons. The maximum atomic E-state index is 15.1. The molecule has 0 aliphatic heterocycles. The Labute approximate surface area is 253 Å². The van der Waals surface area contributed by atoms with E-state index in [0.29, 0.717) is 39.0 Å². The van der Waals surface area contributed by atoms with E-state index in [0.717, 1.165) is 0 Å². The zero-order valence-electron chi connectivity index (χ0n) is 24.6. The van der Waals surface area contributed by atoms with Gasteiger partial charge >= 0.3 is 11.9 Å². The molecule has 0 saturated carbocycles. The van der Waals surface area contributed by atoms with E-state index in [1.165, 1.54) is 6.07 Å². The number of esters is 2. The molecule has 1 amide bonds. The van der Waals surface area contributed by atoms with Gasteiger partial charge in [0.25, 0.3) is 5.91 Å². The lowest BCUT2D eigenvalue weighted by Gasteiger charge is -2.18. The Morgan fingerprint density at radius 3 is 2.34 bits per heavy atom. The van der Waals surface area contributed by atoms with Crippen LogP contribution in [0.2, 0.25) is 0 Å². The van der Waals surface area contributed by atoms with Gasteiger partial charge in [0.2, 0.25) is 5.95 Å². The number of benzene rings is 2. The van der Waals surface area contributed by atoms with Crippen molar-refractivity contribution >= 4 is 46.3 Å². The maximum absolute atomic E-state index is 15.1. The highest BCUT2D eigenvalue weighted by atomic mass is 19.1. The number of nitrogens with one attached hydrogen (secondary N) is 2. The largest absolute Gasteiger partial charge is 0.466 e. The van der Waals surface area contributed by atoms with Gasteiger partial charge in [-0.3, -0.25) is 9.59 Å². The van der Waals surface area contributed by atoms with Crippen molar-refractivity contribution in [3.05, 3.63) is 71.2 Å². The number of rotatable bonds is 12. The molecule has 1 atom stereocenters.